The lowest BCUT2D eigenvalue weighted by Crippen LogP contribution is -2.60. The minimum atomic E-state index is -1.21. The fourth-order valence-electron chi connectivity index (χ4n) is 13.5. The number of aromatic nitrogens is 5. The van der Waals surface area contributed by atoms with Crippen molar-refractivity contribution in [2.45, 2.75) is 102 Å². The first-order valence-electron chi connectivity index (χ1n) is 26.9. The smallest absolute Gasteiger partial charge is 0.329 e. The molecule has 3 N–H and O–H groups in total. The van der Waals surface area contributed by atoms with E-state index in [9.17, 15) is 19.8 Å². The maximum absolute atomic E-state index is 17.2. The van der Waals surface area contributed by atoms with Gasteiger partial charge in [0, 0.05) is 88.0 Å². The molecule has 6 aliphatic rings. The van der Waals surface area contributed by atoms with E-state index in [0.717, 1.165) is 88.2 Å². The molecule has 6 fully saturated rings. The molecule has 2 saturated carbocycles. The number of piperazine rings is 1. The number of piperidine rings is 3. The number of anilines is 2. The third kappa shape index (κ3) is 9.17. The van der Waals surface area contributed by atoms with E-state index in [1.54, 1.807) is 29.2 Å². The molecule has 396 valence electrons. The minimum absolute atomic E-state index is 0.00911. The number of carbonyl (C=O) groups excluding carboxylic acids is 1. The van der Waals surface area contributed by atoms with Gasteiger partial charge in [-0.3, -0.25) is 23.8 Å². The zero-order valence-corrected chi connectivity index (χ0v) is 43.2. The van der Waals surface area contributed by atoms with Crippen LogP contribution >= 0.6 is 0 Å². The van der Waals surface area contributed by atoms with Gasteiger partial charge in [-0.05, 0) is 149 Å². The Bertz CT molecular complexity index is 3330. The average Bonchev–Trinajstić information content (AvgIpc) is 4.10. The van der Waals surface area contributed by atoms with Gasteiger partial charge in [-0.15, -0.1) is 0 Å². The first-order valence-corrected chi connectivity index (χ1v) is 26.9. The van der Waals surface area contributed by atoms with Gasteiger partial charge in [0.15, 0.2) is 5.82 Å². The van der Waals surface area contributed by atoms with Crippen LogP contribution in [0.5, 0.6) is 11.8 Å². The number of aromatic hydroxyl groups is 1. The molecule has 2 aliphatic carbocycles. The van der Waals surface area contributed by atoms with Gasteiger partial charge in [-0.2, -0.15) is 9.97 Å². The summed E-state index contributed by atoms with van der Waals surface area (Å²) < 4.78 is 58.6. The second kappa shape index (κ2) is 18.5. The van der Waals surface area contributed by atoms with Crippen LogP contribution in [0, 0.1) is 22.5 Å². The number of rotatable bonds is 12. The van der Waals surface area contributed by atoms with Crippen LogP contribution in [0.25, 0.3) is 44.0 Å². The van der Waals surface area contributed by atoms with Crippen molar-refractivity contribution < 1.29 is 32.9 Å². The van der Waals surface area contributed by atoms with Crippen molar-refractivity contribution in [1.29, 1.82) is 0 Å². The maximum Gasteiger partial charge on any atom is 0.329 e. The van der Waals surface area contributed by atoms with E-state index in [2.05, 4.69) is 36.6 Å². The summed E-state index contributed by atoms with van der Waals surface area (Å²) in [5, 5.41) is 26.1. The number of alkyl halides is 1. The van der Waals surface area contributed by atoms with Crippen molar-refractivity contribution in [2.75, 3.05) is 81.9 Å². The number of amides is 1. The summed E-state index contributed by atoms with van der Waals surface area (Å²) in [6.45, 7) is 14.7. The predicted molar refractivity (Wildman–Crippen MR) is 283 cm³/mol. The lowest BCUT2D eigenvalue weighted by atomic mass is 9.55. The van der Waals surface area contributed by atoms with Gasteiger partial charge in [-0.25, -0.2) is 18.0 Å². The lowest BCUT2D eigenvalue weighted by molar-refractivity contribution is -0.124. The van der Waals surface area contributed by atoms with Gasteiger partial charge in [0.2, 0.25) is 5.91 Å². The summed E-state index contributed by atoms with van der Waals surface area (Å²) in [7, 11) is 1.75. The van der Waals surface area contributed by atoms with Crippen molar-refractivity contribution in [2.24, 2.45) is 17.9 Å². The number of hydrogen-bond donors (Lipinski definition) is 3. The number of ether oxygens (including phenoxy) is 1. The second-order valence-corrected chi connectivity index (χ2v) is 23.4. The molecule has 18 heteroatoms. The summed E-state index contributed by atoms with van der Waals surface area (Å²) in [5.74, 6) is -1.05. The van der Waals surface area contributed by atoms with Crippen LogP contribution in [-0.4, -0.2) is 133 Å². The highest BCUT2D eigenvalue weighted by Crippen LogP contribution is 2.58. The number of nitrogens with zero attached hydrogens (tertiary/aromatic N) is 9. The van der Waals surface area contributed by atoms with Crippen molar-refractivity contribution in [3.63, 3.8) is 0 Å². The number of carbonyl (C=O) groups is 1. The van der Waals surface area contributed by atoms with Crippen molar-refractivity contribution in [3.8, 4) is 23.0 Å². The molecule has 1 spiro atoms. The third-order valence-electron chi connectivity index (χ3n) is 17.7. The first kappa shape index (κ1) is 49.6. The van der Waals surface area contributed by atoms with Gasteiger partial charge in [-0.1, -0.05) is 19.6 Å². The molecule has 3 aromatic carbocycles. The fraction of sp³-hybridized carbons (Fsp3) is 0.526. The topological polar surface area (TPSA) is 157 Å². The van der Waals surface area contributed by atoms with E-state index >= 15 is 13.2 Å². The highest BCUT2D eigenvalue weighted by atomic mass is 19.1. The monoisotopic (exact) mass is 1030 g/mol. The molecule has 4 aliphatic heterocycles. The number of benzene rings is 3. The molecule has 0 bridgehead atoms. The van der Waals surface area contributed by atoms with Crippen LogP contribution in [0.1, 0.15) is 89.7 Å². The van der Waals surface area contributed by atoms with Crippen LogP contribution in [0.4, 0.5) is 24.7 Å². The number of halogens is 3. The highest BCUT2D eigenvalue weighted by molar-refractivity contribution is 6.02. The molecule has 1 unspecified atom stereocenters. The summed E-state index contributed by atoms with van der Waals surface area (Å²) in [5.41, 5.74) is 1.25. The third-order valence-corrected chi connectivity index (χ3v) is 17.7. The van der Waals surface area contributed by atoms with E-state index < -0.39 is 28.9 Å². The zero-order valence-electron chi connectivity index (χ0n) is 43.2. The summed E-state index contributed by atoms with van der Waals surface area (Å²) in [4.78, 5) is 49.3. The minimum Gasteiger partial charge on any atom is -0.508 e. The Morgan fingerprint density at radius 2 is 1.65 bits per heavy atom. The molecule has 1 amide bonds. The molecular formula is C57H67F3N10O5. The predicted octanol–water partition coefficient (Wildman–Crippen LogP) is 7.93. The maximum atomic E-state index is 17.2. The molecule has 75 heavy (non-hydrogen) atoms. The Hall–Kier alpha value is -6.24. The zero-order chi connectivity index (χ0) is 52.2. The van der Waals surface area contributed by atoms with Crippen LogP contribution in [0.15, 0.2) is 65.7 Å². The van der Waals surface area contributed by atoms with Crippen LogP contribution in [0.3, 0.4) is 0 Å². The van der Waals surface area contributed by atoms with Gasteiger partial charge in [0.1, 0.15) is 40.3 Å². The van der Waals surface area contributed by atoms with Crippen molar-refractivity contribution in [3.05, 3.63) is 88.6 Å². The molecule has 2 atom stereocenters. The average molecular weight is 1030 g/mol. The summed E-state index contributed by atoms with van der Waals surface area (Å²) >= 11 is 0. The van der Waals surface area contributed by atoms with Gasteiger partial charge in [0.05, 0.1) is 28.6 Å². The van der Waals surface area contributed by atoms with E-state index in [1.165, 1.54) is 24.4 Å². The Morgan fingerprint density at radius 3 is 2.37 bits per heavy atom. The number of nitrogens with one attached hydrogen (secondary N) is 1. The van der Waals surface area contributed by atoms with E-state index in [0.29, 0.717) is 97.9 Å². The van der Waals surface area contributed by atoms with Gasteiger partial charge < -0.3 is 35.0 Å². The normalized spacial score (nSPS) is 23.8. The summed E-state index contributed by atoms with van der Waals surface area (Å²) in [6.07, 6.45) is 9.34. The number of phenolic OH excluding ortho intramolecular Hbond substituents is 1. The number of pyridine rings is 1. The van der Waals surface area contributed by atoms with E-state index in [4.69, 9.17) is 9.72 Å². The number of imidazole rings is 1. The van der Waals surface area contributed by atoms with Crippen LogP contribution in [0.2, 0.25) is 0 Å². The first-order chi connectivity index (χ1) is 35.9. The van der Waals surface area contributed by atoms with E-state index in [1.807, 2.05) is 30.0 Å². The van der Waals surface area contributed by atoms with Crippen LogP contribution in [-0.2, 0) is 18.3 Å². The molecule has 3 aromatic heterocycles. The largest absolute Gasteiger partial charge is 0.508 e. The van der Waals surface area contributed by atoms with Gasteiger partial charge in [0.25, 0.3) is 0 Å². The molecule has 0 radical (unpaired) electrons. The number of likely N-dealkylation sites (tertiary alicyclic amines) is 1. The number of hydrogen-bond acceptors (Lipinski definition) is 12. The van der Waals surface area contributed by atoms with Crippen LogP contribution < -0.4 is 25.5 Å². The fourth-order valence-corrected chi connectivity index (χ4v) is 13.5. The van der Waals surface area contributed by atoms with Crippen molar-refractivity contribution >= 4 is 50.1 Å². The Morgan fingerprint density at radius 1 is 0.893 bits per heavy atom. The molecule has 6 aromatic rings. The molecular weight excluding hydrogens is 962 g/mol. The van der Waals surface area contributed by atoms with Gasteiger partial charge >= 0.3 is 11.7 Å². The number of aliphatic hydroxyl groups is 1. The molecule has 7 heterocycles. The van der Waals surface area contributed by atoms with E-state index in [-0.39, 0.29) is 57.5 Å². The number of allylic oxidation sites excluding steroid dienone is 1. The number of phenols is 1. The second-order valence-electron chi connectivity index (χ2n) is 23.4. The number of fused-ring (bicyclic) bond motifs is 3. The lowest BCUT2D eigenvalue weighted by Gasteiger charge is -2.57. The highest BCUT2D eigenvalue weighted by Gasteiger charge is 2.57. The SMILES string of the molecule is C=C1CCC(n2c(=O)n(C)c3cc(N4CCN(CC5(F)CC6(CCN(CC7(COc8nc(N9CCC[C@@](C)(O)C9)c9cnc(-c%10cc(O)cc%11ccc(F)c(CC)c%10%11)c(F)c9n8)CC7)CC6)C5)CC4)ccc32)C(=O)N1. The number of aryl methyl sites for hydroxylation is 2. The van der Waals surface area contributed by atoms with Crippen molar-refractivity contribution in [1.82, 2.24) is 39.2 Å². The number of β-amino-alcohol motifs (C(OH)–C–C–N with tert-alkyl or cyclic N) is 1. The quantitative estimate of drug-likeness (QED) is 0.109. The Kier molecular flexibility index (Phi) is 12.2. The molecule has 4 saturated heterocycles. The summed E-state index contributed by atoms with van der Waals surface area (Å²) in [6, 6.07) is 11.3. The molecule has 12 rings (SSSR count). The molecule has 15 nitrogen and oxygen atoms in total. The Labute approximate surface area is 434 Å². The Balaban J connectivity index is 0.678. The standard InChI is InChI=1S/C57H67F3N10O5/c1-5-39-42(58)10-8-36-25-38(71)27-40(46(36)39)48-47(59)49-41(28-61-48)50(69-18-6-13-54(3,74)31-69)64-52(63-49)75-34-56(14-15-56)32-66-19-16-55(17-20-66)29-57(60,30-55)33-67-21-23-68(24-22-67)37-9-12-43-45(26-37)65(4)53(73)70(43)44-11-7-35(2)62-51(44)72/h8-10,12,25-28,44,71,74H,2,5-7,11,13-24,29-34H2,1,3-4H3,(H,62,72)/t44?,54-/m1/s1.